The van der Waals surface area contributed by atoms with Crippen molar-refractivity contribution >= 4 is 11.6 Å². The molecule has 0 aliphatic heterocycles. The Kier molecular flexibility index (Phi) is 3.80. The van der Waals surface area contributed by atoms with Gasteiger partial charge in [-0.05, 0) is 12.1 Å². The van der Waals surface area contributed by atoms with Gasteiger partial charge in [-0.3, -0.25) is 0 Å². The summed E-state index contributed by atoms with van der Waals surface area (Å²) >= 11 is 5.86. The van der Waals surface area contributed by atoms with Crippen LogP contribution in [-0.4, -0.2) is 24.2 Å². The van der Waals surface area contributed by atoms with E-state index in [2.05, 4.69) is 16.0 Å². The maximum absolute atomic E-state index is 13.8. The molecule has 0 aliphatic carbocycles. The van der Waals surface area contributed by atoms with Crippen LogP contribution in [0.25, 0.3) is 11.3 Å². The Bertz CT molecular complexity index is 601. The minimum atomic E-state index is -1.12. The van der Waals surface area contributed by atoms with E-state index in [-0.39, 0.29) is 28.2 Å². The molecule has 0 N–H and O–H groups in total. The predicted octanol–water partition coefficient (Wildman–Crippen LogP) is 2.89. The van der Waals surface area contributed by atoms with Crippen LogP contribution in [-0.2, 0) is 0 Å². The fraction of sp³-hybridized carbons (Fsp3) is 0.167. The minimum absolute atomic E-state index is 0.00189. The van der Waals surface area contributed by atoms with Crippen molar-refractivity contribution in [3.8, 4) is 23.1 Å². The molecule has 2 rings (SSSR count). The standard InChI is InChI=1S/C12H8ClF2N2O2/c1-18-9-5-8(16-12(17-9)19-2)10-6(13)3-4-7(14)11(10)15/h3-4H,1-2H3. The Labute approximate surface area is 113 Å². The maximum atomic E-state index is 13.8. The summed E-state index contributed by atoms with van der Waals surface area (Å²) in [5, 5.41) is -0.00189. The van der Waals surface area contributed by atoms with Crippen LogP contribution in [0.15, 0.2) is 12.1 Å². The molecule has 19 heavy (non-hydrogen) atoms. The van der Waals surface area contributed by atoms with Crippen molar-refractivity contribution in [2.75, 3.05) is 14.2 Å². The lowest BCUT2D eigenvalue weighted by molar-refractivity contribution is 0.352. The zero-order valence-corrected chi connectivity index (χ0v) is 10.8. The second kappa shape index (κ2) is 5.36. The highest BCUT2D eigenvalue weighted by Gasteiger charge is 2.18. The number of ether oxygens (including phenoxy) is 2. The molecule has 0 spiro atoms. The minimum Gasteiger partial charge on any atom is -0.480 e. The topological polar surface area (TPSA) is 44.2 Å². The molecule has 0 bridgehead atoms. The molecule has 7 heteroatoms. The fourth-order valence-corrected chi connectivity index (χ4v) is 1.65. The normalized spacial score (nSPS) is 10.4. The van der Waals surface area contributed by atoms with E-state index in [1.165, 1.54) is 20.3 Å². The lowest BCUT2D eigenvalue weighted by atomic mass is 10.1. The van der Waals surface area contributed by atoms with Gasteiger partial charge < -0.3 is 9.47 Å². The smallest absolute Gasteiger partial charge is 0.320 e. The fourth-order valence-electron chi connectivity index (χ4n) is 1.42. The van der Waals surface area contributed by atoms with Gasteiger partial charge in [-0.15, -0.1) is 0 Å². The van der Waals surface area contributed by atoms with Gasteiger partial charge in [-0.1, -0.05) is 11.6 Å². The van der Waals surface area contributed by atoms with Crippen LogP contribution in [0, 0.1) is 17.7 Å². The summed E-state index contributed by atoms with van der Waals surface area (Å²) in [5.74, 6) is -2.13. The maximum Gasteiger partial charge on any atom is 0.320 e. The number of halogens is 3. The first kappa shape index (κ1) is 13.5. The first-order chi connectivity index (χ1) is 9.06. The van der Waals surface area contributed by atoms with E-state index in [1.807, 2.05) is 0 Å². The molecule has 0 fully saturated rings. The SMILES string of the molecule is COc1[c]c(-c2c(Cl)ccc(F)c2F)nc(OC)n1. The summed E-state index contributed by atoms with van der Waals surface area (Å²) in [7, 11) is 2.69. The molecular weight excluding hydrogens is 278 g/mol. The van der Waals surface area contributed by atoms with E-state index in [0.717, 1.165) is 6.07 Å². The molecular formula is C12H8ClF2N2O2. The van der Waals surface area contributed by atoms with Crippen LogP contribution in [0.2, 0.25) is 5.02 Å². The van der Waals surface area contributed by atoms with Crippen molar-refractivity contribution in [1.82, 2.24) is 9.97 Å². The molecule has 1 aromatic heterocycles. The van der Waals surface area contributed by atoms with E-state index < -0.39 is 11.6 Å². The van der Waals surface area contributed by atoms with Crippen molar-refractivity contribution in [3.63, 3.8) is 0 Å². The molecule has 1 aromatic carbocycles. The van der Waals surface area contributed by atoms with Crippen molar-refractivity contribution < 1.29 is 18.3 Å². The Morgan fingerprint density at radius 1 is 1.16 bits per heavy atom. The average Bonchev–Trinajstić information content (AvgIpc) is 2.43. The molecule has 0 saturated heterocycles. The van der Waals surface area contributed by atoms with E-state index in [9.17, 15) is 8.78 Å². The van der Waals surface area contributed by atoms with E-state index in [0.29, 0.717) is 0 Å². The molecule has 1 radical (unpaired) electrons. The number of hydrogen-bond acceptors (Lipinski definition) is 4. The van der Waals surface area contributed by atoms with Gasteiger partial charge in [0.15, 0.2) is 11.6 Å². The van der Waals surface area contributed by atoms with Gasteiger partial charge in [0.25, 0.3) is 0 Å². The quantitative estimate of drug-likeness (QED) is 0.814. The van der Waals surface area contributed by atoms with E-state index in [4.69, 9.17) is 21.1 Å². The number of hydrogen-bond donors (Lipinski definition) is 0. The number of aromatic nitrogens is 2. The number of methoxy groups -OCH3 is 2. The second-order valence-electron chi connectivity index (χ2n) is 3.41. The molecule has 0 saturated carbocycles. The average molecular weight is 286 g/mol. The van der Waals surface area contributed by atoms with Crippen LogP contribution in [0.1, 0.15) is 0 Å². The number of rotatable bonds is 3. The molecule has 0 unspecified atom stereocenters. The summed E-state index contributed by atoms with van der Waals surface area (Å²) < 4.78 is 36.8. The van der Waals surface area contributed by atoms with Crippen LogP contribution >= 0.6 is 11.6 Å². The highest BCUT2D eigenvalue weighted by molar-refractivity contribution is 6.33. The highest BCUT2D eigenvalue weighted by Crippen LogP contribution is 2.32. The molecule has 4 nitrogen and oxygen atoms in total. The predicted molar refractivity (Wildman–Crippen MR) is 64.3 cm³/mol. The molecule has 1 heterocycles. The van der Waals surface area contributed by atoms with E-state index >= 15 is 0 Å². The van der Waals surface area contributed by atoms with Gasteiger partial charge in [-0.25, -0.2) is 8.78 Å². The molecule has 0 atom stereocenters. The molecule has 0 amide bonds. The van der Waals surface area contributed by atoms with Gasteiger partial charge in [-0.2, -0.15) is 9.97 Å². The molecule has 99 valence electrons. The van der Waals surface area contributed by atoms with Crippen LogP contribution in [0.5, 0.6) is 11.9 Å². The highest BCUT2D eigenvalue weighted by atomic mass is 35.5. The van der Waals surface area contributed by atoms with Gasteiger partial charge in [0.05, 0.1) is 36.6 Å². The largest absolute Gasteiger partial charge is 0.480 e. The third kappa shape index (κ3) is 2.58. The monoisotopic (exact) mass is 285 g/mol. The van der Waals surface area contributed by atoms with Crippen LogP contribution < -0.4 is 9.47 Å². The number of benzene rings is 1. The zero-order chi connectivity index (χ0) is 14.0. The van der Waals surface area contributed by atoms with Gasteiger partial charge in [0, 0.05) is 0 Å². The van der Waals surface area contributed by atoms with Gasteiger partial charge >= 0.3 is 6.01 Å². The van der Waals surface area contributed by atoms with Crippen molar-refractivity contribution in [1.29, 1.82) is 0 Å². The van der Waals surface area contributed by atoms with Crippen molar-refractivity contribution in [2.45, 2.75) is 0 Å². The first-order valence-corrected chi connectivity index (χ1v) is 5.47. The Morgan fingerprint density at radius 2 is 1.89 bits per heavy atom. The van der Waals surface area contributed by atoms with Crippen LogP contribution in [0.4, 0.5) is 8.78 Å². The summed E-state index contributed by atoms with van der Waals surface area (Å²) in [6, 6.07) is 4.67. The van der Waals surface area contributed by atoms with Gasteiger partial charge in [0.2, 0.25) is 5.88 Å². The summed E-state index contributed by atoms with van der Waals surface area (Å²) in [6.07, 6.45) is 0. The Morgan fingerprint density at radius 3 is 2.53 bits per heavy atom. The summed E-state index contributed by atoms with van der Waals surface area (Å²) in [4.78, 5) is 7.68. The van der Waals surface area contributed by atoms with Gasteiger partial charge in [0.1, 0.15) is 0 Å². The Balaban J connectivity index is 2.68. The molecule has 2 aromatic rings. The number of nitrogens with zero attached hydrogens (tertiary/aromatic N) is 2. The lowest BCUT2D eigenvalue weighted by Gasteiger charge is -2.08. The van der Waals surface area contributed by atoms with E-state index in [1.54, 1.807) is 0 Å². The third-order valence-corrected chi connectivity index (χ3v) is 2.60. The first-order valence-electron chi connectivity index (χ1n) is 5.10. The summed E-state index contributed by atoms with van der Waals surface area (Å²) in [5.41, 5.74) is -0.272. The third-order valence-electron chi connectivity index (χ3n) is 2.29. The van der Waals surface area contributed by atoms with Crippen LogP contribution in [0.3, 0.4) is 0 Å². The molecule has 0 aliphatic rings. The van der Waals surface area contributed by atoms with Crippen molar-refractivity contribution in [2.24, 2.45) is 0 Å². The lowest BCUT2D eigenvalue weighted by Crippen LogP contribution is -2.00. The zero-order valence-electron chi connectivity index (χ0n) is 10.00. The van der Waals surface area contributed by atoms with Crippen molar-refractivity contribution in [3.05, 3.63) is 34.9 Å². The second-order valence-corrected chi connectivity index (χ2v) is 3.82. The summed E-state index contributed by atoms with van der Waals surface area (Å²) in [6.45, 7) is 0. The Hall–Kier alpha value is -1.95.